The number of amides is 1. The molecule has 0 aliphatic heterocycles. The van der Waals surface area contributed by atoms with Gasteiger partial charge in [0.05, 0.1) is 11.5 Å². The van der Waals surface area contributed by atoms with Crippen molar-refractivity contribution < 1.29 is 39.0 Å². The molecular weight excluding hydrogens is 610 g/mol. The van der Waals surface area contributed by atoms with E-state index in [0.717, 1.165) is 36.5 Å². The lowest BCUT2D eigenvalue weighted by molar-refractivity contribution is -0.152. The molecule has 48 heavy (non-hydrogen) atoms. The third-order valence-electron chi connectivity index (χ3n) is 13.0. The van der Waals surface area contributed by atoms with Crippen molar-refractivity contribution >= 4 is 23.8 Å². The molecule has 4 aliphatic rings. The van der Waals surface area contributed by atoms with Gasteiger partial charge in [0.2, 0.25) is 12.7 Å². The van der Waals surface area contributed by atoms with Gasteiger partial charge in [-0.2, -0.15) is 0 Å². The van der Waals surface area contributed by atoms with Crippen molar-refractivity contribution in [2.45, 2.75) is 130 Å². The van der Waals surface area contributed by atoms with E-state index in [-0.39, 0.29) is 30.8 Å². The van der Waals surface area contributed by atoms with Crippen LogP contribution in [0.5, 0.6) is 0 Å². The number of aliphatic carboxylic acids is 1. The Hall–Kier alpha value is -2.94. The Morgan fingerprint density at radius 3 is 2.31 bits per heavy atom. The molecule has 0 spiro atoms. The summed E-state index contributed by atoms with van der Waals surface area (Å²) in [5, 5.41) is 18.1. The van der Waals surface area contributed by atoms with Gasteiger partial charge in [0.1, 0.15) is 0 Å². The molecule has 0 bridgehead atoms. The molecule has 1 aromatic rings. The Bertz CT molecular complexity index is 1250. The van der Waals surface area contributed by atoms with Gasteiger partial charge in [0.25, 0.3) is 0 Å². The molecule has 4 aliphatic carbocycles. The summed E-state index contributed by atoms with van der Waals surface area (Å²) in [5.41, 5.74) is 3.39. The smallest absolute Gasteiger partial charge is 0.340 e. The maximum absolute atomic E-state index is 12.5. The van der Waals surface area contributed by atoms with Crippen LogP contribution >= 0.6 is 0 Å². The number of hydrogen-bond donors (Lipinski definition) is 3. The van der Waals surface area contributed by atoms with Gasteiger partial charge < -0.3 is 14.6 Å². The minimum Gasteiger partial charge on any atom is -0.481 e. The minimum atomic E-state index is -1.05. The Labute approximate surface area is 286 Å². The van der Waals surface area contributed by atoms with Gasteiger partial charge in [-0.05, 0) is 135 Å². The molecule has 268 valence electrons. The molecule has 1 aromatic carbocycles. The molecule has 4 fully saturated rings. The standard InChI is InChI=1S/C37H53NO8.C2H6/c1-36-20-4-3-6-27(36)14-16-29-30-17-15-28(37(30,2)21-19-31(29)36)7-5-8-33(40)45-23-46-35(43)25-11-9-24(10-12-25)22-26(34(41)42)13-18-32(39)38-44;1-2/h9-12,26-31,44H,3-8,13-23H2,1-2H3,(H,38,39)(H,41,42);1-2H3. The first-order valence-corrected chi connectivity index (χ1v) is 18.6. The number of benzene rings is 1. The van der Waals surface area contributed by atoms with Crippen LogP contribution in [-0.2, 0) is 30.3 Å². The average Bonchev–Trinajstić information content (AvgIpc) is 3.43. The van der Waals surface area contributed by atoms with E-state index < -0.39 is 30.6 Å². The predicted molar refractivity (Wildman–Crippen MR) is 182 cm³/mol. The predicted octanol–water partition coefficient (Wildman–Crippen LogP) is 8.12. The maximum Gasteiger partial charge on any atom is 0.340 e. The van der Waals surface area contributed by atoms with Crippen LogP contribution in [0.4, 0.5) is 0 Å². The lowest BCUT2D eigenvalue weighted by atomic mass is 9.45. The second kappa shape index (κ2) is 17.1. The van der Waals surface area contributed by atoms with E-state index in [1.165, 1.54) is 81.8 Å². The van der Waals surface area contributed by atoms with E-state index >= 15 is 0 Å². The highest BCUT2D eigenvalue weighted by atomic mass is 16.7. The van der Waals surface area contributed by atoms with E-state index in [2.05, 4.69) is 13.8 Å². The maximum atomic E-state index is 12.5. The number of esters is 2. The van der Waals surface area contributed by atoms with E-state index in [4.69, 9.17) is 14.7 Å². The Morgan fingerprint density at radius 2 is 1.60 bits per heavy atom. The van der Waals surface area contributed by atoms with Crippen LogP contribution in [0.15, 0.2) is 24.3 Å². The summed E-state index contributed by atoms with van der Waals surface area (Å²) in [6.45, 7) is 8.74. The summed E-state index contributed by atoms with van der Waals surface area (Å²) in [4.78, 5) is 47.7. The van der Waals surface area contributed by atoms with Crippen LogP contribution in [0.3, 0.4) is 0 Å². The molecule has 4 saturated carbocycles. The average molecular weight is 670 g/mol. The van der Waals surface area contributed by atoms with E-state index in [9.17, 15) is 24.3 Å². The fourth-order valence-corrected chi connectivity index (χ4v) is 10.4. The molecule has 3 N–H and O–H groups in total. The summed E-state index contributed by atoms with van der Waals surface area (Å²) < 4.78 is 10.4. The van der Waals surface area contributed by atoms with Crippen molar-refractivity contribution in [2.24, 2.45) is 46.3 Å². The summed E-state index contributed by atoms with van der Waals surface area (Å²) in [6.07, 6.45) is 16.2. The van der Waals surface area contributed by atoms with Gasteiger partial charge in [0.15, 0.2) is 0 Å². The fraction of sp³-hybridized carbons (Fsp3) is 0.744. The molecule has 0 heterocycles. The molecule has 8 unspecified atom stereocenters. The largest absolute Gasteiger partial charge is 0.481 e. The Balaban J connectivity index is 0.00000255. The second-order valence-electron chi connectivity index (χ2n) is 15.2. The normalized spacial score (nSPS) is 31.1. The van der Waals surface area contributed by atoms with Crippen LogP contribution < -0.4 is 5.48 Å². The number of carboxylic acids is 1. The number of nitrogens with one attached hydrogen (secondary N) is 1. The summed E-state index contributed by atoms with van der Waals surface area (Å²) in [6, 6.07) is 6.32. The van der Waals surface area contributed by atoms with Gasteiger partial charge in [0, 0.05) is 12.8 Å². The quantitative estimate of drug-likeness (QED) is 0.0828. The molecule has 0 radical (unpaired) electrons. The summed E-state index contributed by atoms with van der Waals surface area (Å²) in [5.74, 6) is 0.729. The van der Waals surface area contributed by atoms with Crippen molar-refractivity contribution in [1.29, 1.82) is 0 Å². The third kappa shape index (κ3) is 8.61. The van der Waals surface area contributed by atoms with Gasteiger partial charge >= 0.3 is 17.9 Å². The van der Waals surface area contributed by atoms with Crippen LogP contribution in [0, 0.1) is 46.3 Å². The van der Waals surface area contributed by atoms with Crippen LogP contribution in [0.2, 0.25) is 0 Å². The highest BCUT2D eigenvalue weighted by Crippen LogP contribution is 2.67. The summed E-state index contributed by atoms with van der Waals surface area (Å²) >= 11 is 0. The Morgan fingerprint density at radius 1 is 0.875 bits per heavy atom. The van der Waals surface area contributed by atoms with E-state index in [1.54, 1.807) is 12.1 Å². The van der Waals surface area contributed by atoms with Gasteiger partial charge in [-0.15, -0.1) is 0 Å². The molecule has 1 amide bonds. The zero-order chi connectivity index (χ0) is 34.9. The highest BCUT2D eigenvalue weighted by molar-refractivity contribution is 5.89. The topological polar surface area (TPSA) is 139 Å². The summed E-state index contributed by atoms with van der Waals surface area (Å²) in [7, 11) is 0. The van der Waals surface area contributed by atoms with Gasteiger partial charge in [-0.25, -0.2) is 10.3 Å². The lowest BCUT2D eigenvalue weighted by Gasteiger charge is -2.60. The SMILES string of the molecule is CC.CC12CCCCC1CCC1C2CCC2(C)C(CCCC(=O)OCOC(=O)c3ccc(CC(CCC(=O)NO)C(=O)O)cc3)CCC12. The molecular formula is C39H59NO8. The number of rotatable bonds is 13. The van der Waals surface area contributed by atoms with Crippen LogP contribution in [0.25, 0.3) is 0 Å². The number of hydrogen-bond acceptors (Lipinski definition) is 7. The van der Waals surface area contributed by atoms with E-state index in [1.807, 2.05) is 13.8 Å². The number of ether oxygens (including phenoxy) is 2. The third-order valence-corrected chi connectivity index (χ3v) is 13.0. The fourth-order valence-electron chi connectivity index (χ4n) is 10.4. The molecule has 9 heteroatoms. The van der Waals surface area contributed by atoms with Gasteiger partial charge in [-0.3, -0.25) is 19.6 Å². The first-order valence-electron chi connectivity index (χ1n) is 18.6. The Kier molecular flexibility index (Phi) is 13.5. The van der Waals surface area contributed by atoms with Crippen molar-refractivity contribution in [2.75, 3.05) is 6.79 Å². The van der Waals surface area contributed by atoms with Gasteiger partial charge in [-0.1, -0.05) is 52.7 Å². The number of carbonyl (C=O) groups excluding carboxylic acids is 3. The highest BCUT2D eigenvalue weighted by Gasteiger charge is 2.59. The molecule has 0 aromatic heterocycles. The van der Waals surface area contributed by atoms with Crippen LogP contribution in [-0.4, -0.2) is 40.9 Å². The van der Waals surface area contributed by atoms with Crippen molar-refractivity contribution in [1.82, 2.24) is 5.48 Å². The molecule has 0 saturated heterocycles. The number of fused-ring (bicyclic) bond motifs is 5. The number of carbonyl (C=O) groups is 4. The molecule has 5 rings (SSSR count). The van der Waals surface area contributed by atoms with Crippen LogP contribution in [0.1, 0.15) is 140 Å². The first kappa shape index (κ1) is 37.9. The van der Waals surface area contributed by atoms with Crippen molar-refractivity contribution in [3.8, 4) is 0 Å². The molecule has 8 atom stereocenters. The number of carboxylic acid groups (broad SMARTS) is 1. The van der Waals surface area contributed by atoms with Crippen molar-refractivity contribution in [3.63, 3.8) is 0 Å². The monoisotopic (exact) mass is 669 g/mol. The minimum absolute atomic E-state index is 0.0676. The first-order chi connectivity index (χ1) is 23.0. The van der Waals surface area contributed by atoms with E-state index in [0.29, 0.717) is 28.7 Å². The number of hydroxylamine groups is 1. The zero-order valence-electron chi connectivity index (χ0n) is 29.6. The second-order valence-corrected chi connectivity index (χ2v) is 15.2. The lowest BCUT2D eigenvalue weighted by Crippen LogP contribution is -2.52. The zero-order valence-corrected chi connectivity index (χ0v) is 29.6. The molecule has 9 nitrogen and oxygen atoms in total. The van der Waals surface area contributed by atoms with Crippen molar-refractivity contribution in [3.05, 3.63) is 35.4 Å².